The highest BCUT2D eigenvalue weighted by Crippen LogP contribution is 2.32. The largest absolute Gasteiger partial charge is 0.490 e. The molecule has 2 radical (unpaired) electrons. The van der Waals surface area contributed by atoms with Crippen LogP contribution in [0.2, 0.25) is 0 Å². The predicted molar refractivity (Wildman–Crippen MR) is 66.7 cm³/mol. The maximum Gasteiger partial charge on any atom is 0.305 e. The van der Waals surface area contributed by atoms with Crippen LogP contribution in [0.15, 0.2) is 36.4 Å². The molecule has 0 saturated carbocycles. The van der Waals surface area contributed by atoms with Crippen molar-refractivity contribution >= 4 is 44.8 Å². The fourth-order valence-corrected chi connectivity index (χ4v) is 2.41. The normalized spacial score (nSPS) is 13.1. The third-order valence-electron chi connectivity index (χ3n) is 2.89. The van der Waals surface area contributed by atoms with Crippen molar-refractivity contribution in [3.8, 4) is 0 Å². The number of nitrogens with one attached hydrogen (secondary N) is 1. The lowest BCUT2D eigenvalue weighted by molar-refractivity contribution is 0.104. The molecule has 0 bridgehead atoms. The van der Waals surface area contributed by atoms with Gasteiger partial charge in [0.15, 0.2) is 5.78 Å². The second-order valence-corrected chi connectivity index (χ2v) is 4.06. The Morgan fingerprint density at radius 2 is 1.94 bits per heavy atom. The Balaban J connectivity index is 2.53. The molecule has 16 heavy (non-hydrogen) atoms. The molecule has 0 heterocycles. The zero-order chi connectivity index (χ0) is 11.1. The van der Waals surface area contributed by atoms with E-state index in [2.05, 4.69) is 20.8 Å². The van der Waals surface area contributed by atoms with Crippen LogP contribution in [-0.4, -0.2) is 22.3 Å². The lowest BCUT2D eigenvalue weighted by Gasteiger charge is -2.16. The van der Waals surface area contributed by atoms with Gasteiger partial charge >= 0.3 is 16.5 Å². The van der Waals surface area contributed by atoms with E-state index in [4.69, 9.17) is 0 Å². The monoisotopic (exact) mass is 221 g/mol. The minimum Gasteiger partial charge on any atom is -0.490 e. The standard InChI is InChI=1S/C13H9NO.Al/c14-10-6-4-8-2-1-3-9-5-7-11(15)13(10)12(8)9;/h1-7H,(H2,14,15);/q;+1/p-1. The summed E-state index contributed by atoms with van der Waals surface area (Å²) in [6.07, 6.45) is 3.51. The summed E-state index contributed by atoms with van der Waals surface area (Å²) in [6, 6.07) is 10.0. The molecule has 3 rings (SSSR count). The van der Waals surface area contributed by atoms with Gasteiger partial charge in [-0.1, -0.05) is 30.3 Å². The molecule has 2 nitrogen and oxygen atoms in total. The molecule has 1 aliphatic rings. The van der Waals surface area contributed by atoms with Gasteiger partial charge in [-0.05, 0) is 23.1 Å². The molecule has 1 aliphatic carbocycles. The molecule has 0 saturated heterocycles. The van der Waals surface area contributed by atoms with Crippen LogP contribution in [0.1, 0.15) is 15.9 Å². The van der Waals surface area contributed by atoms with Crippen molar-refractivity contribution in [2.24, 2.45) is 0 Å². The summed E-state index contributed by atoms with van der Waals surface area (Å²) >= 11 is 2.44. The third-order valence-corrected chi connectivity index (χ3v) is 3.20. The number of hydrogen-bond acceptors (Lipinski definition) is 2. The van der Waals surface area contributed by atoms with Gasteiger partial charge in [0.05, 0.1) is 5.56 Å². The molecule has 0 spiro atoms. The zero-order valence-electron chi connectivity index (χ0n) is 8.53. The van der Waals surface area contributed by atoms with Crippen LogP contribution in [-0.2, 0) is 0 Å². The minimum atomic E-state index is 0.0641. The molecule has 0 amide bonds. The first kappa shape index (κ1) is 9.65. The summed E-state index contributed by atoms with van der Waals surface area (Å²) in [5, 5.41) is 2.15. The number of ketones is 1. The highest BCUT2D eigenvalue weighted by Gasteiger charge is 2.17. The summed E-state index contributed by atoms with van der Waals surface area (Å²) < 4.78 is 2.99. The van der Waals surface area contributed by atoms with Crippen molar-refractivity contribution in [1.29, 1.82) is 0 Å². The maximum absolute atomic E-state index is 11.9. The van der Waals surface area contributed by atoms with E-state index in [1.807, 2.05) is 36.4 Å². The van der Waals surface area contributed by atoms with Gasteiger partial charge in [0, 0.05) is 11.1 Å². The summed E-state index contributed by atoms with van der Waals surface area (Å²) in [6.45, 7) is 0. The number of allylic oxidation sites excluding steroid dienone is 1. The van der Waals surface area contributed by atoms with E-state index in [0.717, 1.165) is 27.6 Å². The van der Waals surface area contributed by atoms with Gasteiger partial charge < -0.3 is 4.30 Å². The third kappa shape index (κ3) is 1.23. The average molecular weight is 221 g/mol. The molecule has 74 valence electrons. The molecule has 0 aromatic heterocycles. The summed E-state index contributed by atoms with van der Waals surface area (Å²) in [7, 11) is 0. The smallest absolute Gasteiger partial charge is 0.305 e. The first-order valence-electron chi connectivity index (χ1n) is 5.06. The molecule has 0 atom stereocenters. The van der Waals surface area contributed by atoms with Gasteiger partial charge in [-0.25, -0.2) is 0 Å². The fourth-order valence-electron chi connectivity index (χ4n) is 2.17. The van der Waals surface area contributed by atoms with Crippen LogP contribution in [0.3, 0.4) is 0 Å². The van der Waals surface area contributed by atoms with Crippen molar-refractivity contribution in [2.75, 3.05) is 4.30 Å². The summed E-state index contributed by atoms with van der Waals surface area (Å²) in [4.78, 5) is 11.9. The van der Waals surface area contributed by atoms with Crippen LogP contribution >= 0.6 is 0 Å². The fraction of sp³-hybridized carbons (Fsp3) is 0. The Kier molecular flexibility index (Phi) is 2.10. The first-order valence-corrected chi connectivity index (χ1v) is 5.64. The van der Waals surface area contributed by atoms with E-state index in [9.17, 15) is 4.79 Å². The molecule has 0 aliphatic heterocycles. The molecule has 1 N–H and O–H groups in total. The van der Waals surface area contributed by atoms with Gasteiger partial charge in [-0.3, -0.25) is 4.79 Å². The highest BCUT2D eigenvalue weighted by atomic mass is 27.1. The van der Waals surface area contributed by atoms with Crippen molar-refractivity contribution in [2.45, 2.75) is 0 Å². The number of anilines is 1. The zero-order valence-corrected chi connectivity index (χ0v) is 9.68. The molecule has 2 aromatic rings. The van der Waals surface area contributed by atoms with E-state index >= 15 is 0 Å². The van der Waals surface area contributed by atoms with Crippen molar-refractivity contribution in [3.63, 3.8) is 0 Å². The number of hydrogen-bond donors (Lipinski definition) is 1. The Morgan fingerprint density at radius 1 is 1.06 bits per heavy atom. The van der Waals surface area contributed by atoms with Crippen LogP contribution in [0, 0.1) is 0 Å². The van der Waals surface area contributed by atoms with Crippen LogP contribution in [0.5, 0.6) is 0 Å². The van der Waals surface area contributed by atoms with Gasteiger partial charge in [0.2, 0.25) is 0 Å². The van der Waals surface area contributed by atoms with E-state index < -0.39 is 0 Å². The Bertz CT molecular complexity index is 631. The summed E-state index contributed by atoms with van der Waals surface area (Å²) in [5.41, 5.74) is 2.74. The SMILES string of the molecule is O=C1C=Cc2cccc3ccc([NH][Al])c1c23. The second-order valence-electron chi connectivity index (χ2n) is 3.78. The van der Waals surface area contributed by atoms with Gasteiger partial charge in [-0.2, -0.15) is 0 Å². The van der Waals surface area contributed by atoms with Gasteiger partial charge in [0.1, 0.15) is 0 Å². The topological polar surface area (TPSA) is 29.1 Å². The number of rotatable bonds is 1. The molecular formula is C13H8AlNO. The van der Waals surface area contributed by atoms with Gasteiger partial charge in [-0.15, -0.1) is 0 Å². The second kappa shape index (κ2) is 3.48. The number of benzene rings is 2. The van der Waals surface area contributed by atoms with Crippen molar-refractivity contribution in [3.05, 3.63) is 47.5 Å². The first-order chi connectivity index (χ1) is 7.81. The lowest BCUT2D eigenvalue weighted by Crippen LogP contribution is -2.06. The predicted octanol–water partition coefficient (Wildman–Crippen LogP) is 2.54. The quantitative estimate of drug-likeness (QED) is 0.750. The molecule has 0 fully saturated rings. The number of carbonyl (C=O) groups is 1. The minimum absolute atomic E-state index is 0.0641. The highest BCUT2D eigenvalue weighted by molar-refractivity contribution is 6.26. The van der Waals surface area contributed by atoms with Crippen LogP contribution in [0.4, 0.5) is 5.69 Å². The Morgan fingerprint density at radius 3 is 2.75 bits per heavy atom. The lowest BCUT2D eigenvalue weighted by atomic mass is 9.91. The van der Waals surface area contributed by atoms with E-state index in [0.29, 0.717) is 0 Å². The van der Waals surface area contributed by atoms with Crippen molar-refractivity contribution in [1.82, 2.24) is 0 Å². The molecule has 0 unspecified atom stereocenters. The maximum atomic E-state index is 11.9. The number of carbonyl (C=O) groups excluding carboxylic acids is 1. The van der Waals surface area contributed by atoms with E-state index in [-0.39, 0.29) is 5.78 Å². The average Bonchev–Trinajstić information content (AvgIpc) is 2.33. The molecular weight excluding hydrogens is 213 g/mol. The van der Waals surface area contributed by atoms with E-state index in [1.165, 1.54) is 0 Å². The van der Waals surface area contributed by atoms with Crippen molar-refractivity contribution < 1.29 is 4.79 Å². The van der Waals surface area contributed by atoms with Gasteiger partial charge in [0.25, 0.3) is 0 Å². The molecule has 3 heteroatoms. The Hall–Kier alpha value is -1.56. The van der Waals surface area contributed by atoms with E-state index in [1.54, 1.807) is 6.08 Å². The van der Waals surface area contributed by atoms with Crippen LogP contribution < -0.4 is 4.30 Å². The summed E-state index contributed by atoms with van der Waals surface area (Å²) in [5.74, 6) is 0.0641. The van der Waals surface area contributed by atoms with Crippen LogP contribution in [0.25, 0.3) is 16.8 Å². The Labute approximate surface area is 102 Å². The molecule has 2 aromatic carbocycles.